The van der Waals surface area contributed by atoms with E-state index in [2.05, 4.69) is 60.2 Å². The highest BCUT2D eigenvalue weighted by molar-refractivity contribution is 7.80. The highest BCUT2D eigenvalue weighted by atomic mass is 32.1. The number of aromatic hydroxyl groups is 1. The molecule has 28 nitrogen and oxygen atoms in total. The van der Waals surface area contributed by atoms with Gasteiger partial charge in [0.1, 0.15) is 48.0 Å². The average molecular weight is 1100 g/mol. The van der Waals surface area contributed by atoms with Gasteiger partial charge in [-0.1, -0.05) is 39.8 Å². The lowest BCUT2D eigenvalue weighted by Crippen LogP contribution is -2.60. The molecule has 0 saturated carbocycles. The van der Waals surface area contributed by atoms with Crippen molar-refractivity contribution >= 4 is 83.7 Å². The van der Waals surface area contributed by atoms with Crippen LogP contribution in [0.4, 0.5) is 0 Å². The van der Waals surface area contributed by atoms with E-state index in [0.717, 1.165) is 0 Å². The van der Waals surface area contributed by atoms with Gasteiger partial charge < -0.3 is 86.5 Å². The molecular weight excluding hydrogens is 1020 g/mol. The summed E-state index contributed by atoms with van der Waals surface area (Å²) in [6.45, 7) is 6.24. The maximum absolute atomic E-state index is 13.8. The summed E-state index contributed by atoms with van der Waals surface area (Å²) in [5.41, 5.74) is 28.2. The van der Waals surface area contributed by atoms with E-state index in [9.17, 15) is 68.1 Å². The van der Waals surface area contributed by atoms with Crippen molar-refractivity contribution in [1.82, 2.24) is 42.5 Å². The van der Waals surface area contributed by atoms with Crippen LogP contribution in [0.2, 0.25) is 0 Å². The fraction of sp³-hybridized carbons (Fsp3) is 0.617. The van der Waals surface area contributed by atoms with Gasteiger partial charge in [0.05, 0.1) is 12.6 Å². The monoisotopic (exact) mass is 1090 g/mol. The predicted octanol–water partition coefficient (Wildman–Crippen LogP) is -4.20. The number of hydrogen-bond acceptors (Lipinski definition) is 16. The number of thiol groups is 1. The number of nitrogens with one attached hydrogen (secondary N) is 8. The van der Waals surface area contributed by atoms with Crippen LogP contribution in [-0.2, 0) is 59.2 Å². The van der Waals surface area contributed by atoms with Crippen molar-refractivity contribution in [2.45, 2.75) is 147 Å². The van der Waals surface area contributed by atoms with E-state index in [1.54, 1.807) is 27.7 Å². The summed E-state index contributed by atoms with van der Waals surface area (Å²) in [5, 5.41) is 48.4. The summed E-state index contributed by atoms with van der Waals surface area (Å²) >= 11 is 4.14. The van der Waals surface area contributed by atoms with Gasteiger partial charge in [-0.15, -0.1) is 0 Å². The molecule has 0 saturated heterocycles. The molecule has 0 bridgehead atoms. The third kappa shape index (κ3) is 26.8. The van der Waals surface area contributed by atoms with Crippen LogP contribution in [0.3, 0.4) is 0 Å². The number of aliphatic imine (C=N–C) groups is 1. The lowest BCUT2D eigenvalue weighted by Gasteiger charge is -2.27. The van der Waals surface area contributed by atoms with Gasteiger partial charge in [0.2, 0.25) is 53.2 Å². The minimum atomic E-state index is -1.54. The zero-order valence-corrected chi connectivity index (χ0v) is 44.2. The number of benzene rings is 1. The third-order valence-electron chi connectivity index (χ3n) is 11.3. The topological polar surface area (TPSA) is 487 Å². The SMILES string of the molecule is CC(C)CC(NC(=O)C(CCC(=O)O)NC(=O)C(CCCCN)NC(=O)C(N)CCCN=C(N)N)C(=O)NCC(=O)NC(CCC(N)=O)C(=O)NC(C(=O)NC(CS)C(=O)NC(Cc1ccc(O)cc1)C(=O)O)C(C)C. The molecule has 0 radical (unpaired) electrons. The molecule has 0 aliphatic rings. The molecule has 426 valence electrons. The summed E-state index contributed by atoms with van der Waals surface area (Å²) < 4.78 is 0. The predicted molar refractivity (Wildman–Crippen MR) is 280 cm³/mol. The normalized spacial score (nSPS) is 14.2. The number of amides is 9. The molecule has 76 heavy (non-hydrogen) atoms. The molecule has 1 aromatic rings. The van der Waals surface area contributed by atoms with Crippen LogP contribution < -0.4 is 71.2 Å². The van der Waals surface area contributed by atoms with Gasteiger partial charge in [-0.05, 0) is 87.4 Å². The molecule has 0 spiro atoms. The molecular formula is C47H78N14O14S. The van der Waals surface area contributed by atoms with Crippen molar-refractivity contribution in [2.24, 2.45) is 45.5 Å². The number of guanidine groups is 1. The number of phenols is 1. The van der Waals surface area contributed by atoms with Gasteiger partial charge in [-0.2, -0.15) is 12.6 Å². The summed E-state index contributed by atoms with van der Waals surface area (Å²) in [5.74, 6) is -12.1. The Morgan fingerprint density at radius 3 is 1.67 bits per heavy atom. The van der Waals surface area contributed by atoms with Gasteiger partial charge in [-0.3, -0.25) is 52.9 Å². The summed E-state index contributed by atoms with van der Waals surface area (Å²) in [7, 11) is 0. The highest BCUT2D eigenvalue weighted by Crippen LogP contribution is 2.13. The number of aliphatic carboxylic acids is 2. The second kappa shape index (κ2) is 35.1. The number of carbonyl (C=O) groups is 11. The Hall–Kier alpha value is -7.27. The fourth-order valence-electron chi connectivity index (χ4n) is 7.15. The maximum atomic E-state index is 13.8. The van der Waals surface area contributed by atoms with Crippen LogP contribution in [0.15, 0.2) is 29.3 Å². The number of unbranched alkanes of at least 4 members (excludes halogenated alkanes) is 1. The van der Waals surface area contributed by atoms with Crippen molar-refractivity contribution in [1.29, 1.82) is 0 Å². The van der Waals surface area contributed by atoms with Crippen molar-refractivity contribution in [2.75, 3.05) is 25.4 Å². The molecule has 1 rings (SSSR count). The van der Waals surface area contributed by atoms with Crippen molar-refractivity contribution in [3.63, 3.8) is 0 Å². The van der Waals surface area contributed by atoms with Crippen LogP contribution in [0.5, 0.6) is 5.75 Å². The third-order valence-corrected chi connectivity index (χ3v) is 11.7. The van der Waals surface area contributed by atoms with Crippen molar-refractivity contribution < 1.29 is 68.1 Å². The average Bonchev–Trinajstić information content (AvgIpc) is 3.34. The largest absolute Gasteiger partial charge is 0.508 e. The van der Waals surface area contributed by atoms with E-state index in [1.807, 2.05) is 0 Å². The van der Waals surface area contributed by atoms with E-state index in [-0.39, 0.29) is 68.6 Å². The number of nitrogens with zero attached hydrogens (tertiary/aromatic N) is 1. The second-order valence-corrected chi connectivity index (χ2v) is 19.0. The van der Waals surface area contributed by atoms with Crippen molar-refractivity contribution in [3.8, 4) is 5.75 Å². The zero-order valence-electron chi connectivity index (χ0n) is 43.3. The Balaban J connectivity index is 3.20. The van der Waals surface area contributed by atoms with Crippen LogP contribution in [0.1, 0.15) is 97.5 Å². The number of nitrogens with two attached hydrogens (primary N) is 5. The Bertz CT molecular complexity index is 2160. The van der Waals surface area contributed by atoms with Gasteiger partial charge in [0.25, 0.3) is 0 Å². The first-order chi connectivity index (χ1) is 35.7. The molecule has 0 heterocycles. The number of primary amides is 1. The number of phenolic OH excluding ortho intramolecular Hbond substituents is 1. The van der Waals surface area contributed by atoms with Crippen LogP contribution in [0.25, 0.3) is 0 Å². The lowest BCUT2D eigenvalue weighted by atomic mass is 10.0. The summed E-state index contributed by atoms with van der Waals surface area (Å²) in [4.78, 5) is 147. The zero-order chi connectivity index (χ0) is 57.7. The Labute approximate surface area is 446 Å². The number of carboxylic acids is 2. The first kappa shape index (κ1) is 66.7. The van der Waals surface area contributed by atoms with Crippen LogP contribution >= 0.6 is 12.6 Å². The minimum absolute atomic E-state index is 0.0182. The quantitative estimate of drug-likeness (QED) is 0.0130. The van der Waals surface area contributed by atoms with Gasteiger partial charge in [0, 0.05) is 31.6 Å². The molecule has 29 heteroatoms. The lowest BCUT2D eigenvalue weighted by molar-refractivity contribution is -0.142. The molecule has 9 amide bonds. The van der Waals surface area contributed by atoms with E-state index >= 15 is 0 Å². The molecule has 0 fully saturated rings. The fourth-order valence-corrected chi connectivity index (χ4v) is 7.41. The summed E-state index contributed by atoms with van der Waals surface area (Å²) in [6, 6.07) is -5.29. The first-order valence-corrected chi connectivity index (χ1v) is 25.3. The van der Waals surface area contributed by atoms with Gasteiger partial charge in [0.15, 0.2) is 5.96 Å². The van der Waals surface area contributed by atoms with E-state index in [1.165, 1.54) is 24.3 Å². The van der Waals surface area contributed by atoms with Crippen molar-refractivity contribution in [3.05, 3.63) is 29.8 Å². The first-order valence-electron chi connectivity index (χ1n) is 24.7. The molecule has 21 N–H and O–H groups in total. The second-order valence-electron chi connectivity index (χ2n) is 18.7. The Kier molecular flexibility index (Phi) is 30.8. The number of hydrogen-bond donors (Lipinski definition) is 17. The number of rotatable bonds is 37. The molecule has 8 atom stereocenters. The van der Waals surface area contributed by atoms with Gasteiger partial charge >= 0.3 is 11.9 Å². The highest BCUT2D eigenvalue weighted by Gasteiger charge is 2.34. The smallest absolute Gasteiger partial charge is 0.326 e. The van der Waals surface area contributed by atoms with E-state index in [0.29, 0.717) is 24.8 Å². The molecule has 8 unspecified atom stereocenters. The number of carboxylic acid groups (broad SMARTS) is 2. The number of carbonyl (C=O) groups excluding carboxylic acids is 9. The van der Waals surface area contributed by atoms with E-state index in [4.69, 9.17) is 28.7 Å². The standard InChI is InChI=1S/C47H78N14O14S/c1-24(2)20-32(58-42(70)31(15-17-37(65)66)57-41(69)29(9-5-6-18-48)56-39(67)28(49)8-7-19-53-47(51)52)40(68)54-22-36(64)55-30(14-16-35(50)63)43(71)61-38(25(3)4)45(73)60-34(23-76)44(72)59-33(46(74)75)21-26-10-12-27(62)13-11-26/h10-13,24-25,28-34,38,62,76H,5-9,14-23,48-49H2,1-4H3,(H2,50,63)(H,54,68)(H,55,64)(H,56,67)(H,57,69)(H,58,70)(H,59,72)(H,60,73)(H,61,71)(H,65,66)(H,74,75)(H4,51,52,53). The molecule has 0 aliphatic heterocycles. The molecule has 1 aromatic carbocycles. The maximum Gasteiger partial charge on any atom is 0.326 e. The molecule has 0 aliphatic carbocycles. The Morgan fingerprint density at radius 1 is 0.605 bits per heavy atom. The summed E-state index contributed by atoms with van der Waals surface area (Å²) in [6.07, 6.45) is -0.582. The van der Waals surface area contributed by atoms with Crippen LogP contribution in [-0.4, -0.2) is 160 Å². The molecule has 0 aromatic heterocycles. The van der Waals surface area contributed by atoms with Crippen LogP contribution in [0, 0.1) is 11.8 Å². The van der Waals surface area contributed by atoms with E-state index < -0.39 is 145 Å². The van der Waals surface area contributed by atoms with Gasteiger partial charge in [-0.25, -0.2) is 4.79 Å². The Morgan fingerprint density at radius 2 is 1.13 bits per heavy atom. The minimum Gasteiger partial charge on any atom is -0.508 e.